The minimum Gasteiger partial charge on any atom is -0.461 e. The first-order valence-corrected chi connectivity index (χ1v) is 8.84. The van der Waals surface area contributed by atoms with Crippen LogP contribution in [0.15, 0.2) is 24.3 Å². The Morgan fingerprint density at radius 3 is 2.45 bits per heavy atom. The van der Waals surface area contributed by atoms with E-state index >= 15 is 0 Å². The maximum atomic E-state index is 13.5. The van der Waals surface area contributed by atoms with Gasteiger partial charge in [-0.15, -0.1) is 0 Å². The Labute approximate surface area is 166 Å². The number of hydrogen-bond acceptors (Lipinski definition) is 6. The van der Waals surface area contributed by atoms with Crippen LogP contribution in [-0.4, -0.2) is 48.4 Å². The number of carbonyl (C=O) groups excluding carboxylic acids is 4. The number of ketones is 1. The number of aromatic nitrogens is 1. The van der Waals surface area contributed by atoms with Gasteiger partial charge in [0, 0.05) is 11.3 Å². The Balaban J connectivity index is 1.92. The maximum absolute atomic E-state index is 13.5. The highest BCUT2D eigenvalue weighted by molar-refractivity contribution is 6.03. The van der Waals surface area contributed by atoms with E-state index in [2.05, 4.69) is 10.3 Å². The van der Waals surface area contributed by atoms with Gasteiger partial charge in [0.05, 0.1) is 12.2 Å². The maximum Gasteiger partial charge on any atom is 0.355 e. The molecular weight excluding hydrogens is 383 g/mol. The van der Waals surface area contributed by atoms with Crippen LogP contribution >= 0.6 is 0 Å². The zero-order valence-electron chi connectivity index (χ0n) is 16.3. The molecule has 2 aromatic rings. The van der Waals surface area contributed by atoms with Crippen molar-refractivity contribution in [1.29, 1.82) is 0 Å². The van der Waals surface area contributed by atoms with Gasteiger partial charge in [-0.05, 0) is 38.5 Å². The van der Waals surface area contributed by atoms with Gasteiger partial charge in [-0.3, -0.25) is 14.4 Å². The number of H-pyrrole nitrogens is 1. The molecule has 8 nitrogen and oxygen atoms in total. The van der Waals surface area contributed by atoms with Crippen molar-refractivity contribution >= 4 is 23.6 Å². The summed E-state index contributed by atoms with van der Waals surface area (Å²) in [6, 6.07) is 5.32. The third kappa shape index (κ3) is 5.28. The van der Waals surface area contributed by atoms with Gasteiger partial charge >= 0.3 is 11.9 Å². The van der Waals surface area contributed by atoms with Gasteiger partial charge in [0.1, 0.15) is 18.1 Å². The van der Waals surface area contributed by atoms with Crippen LogP contribution in [0.4, 0.5) is 4.39 Å². The van der Waals surface area contributed by atoms with Crippen molar-refractivity contribution in [3.05, 3.63) is 58.2 Å². The van der Waals surface area contributed by atoms with Crippen molar-refractivity contribution in [3.63, 3.8) is 0 Å². The number of carbonyl (C=O) groups is 4. The highest BCUT2D eigenvalue weighted by Crippen LogP contribution is 2.19. The number of hydrogen-bond donors (Lipinski definition) is 2. The fourth-order valence-corrected chi connectivity index (χ4v) is 2.74. The summed E-state index contributed by atoms with van der Waals surface area (Å²) < 4.78 is 23.3. The monoisotopic (exact) mass is 404 g/mol. The van der Waals surface area contributed by atoms with Gasteiger partial charge in [0.15, 0.2) is 6.61 Å². The van der Waals surface area contributed by atoms with Crippen LogP contribution in [0.1, 0.15) is 49.4 Å². The number of Topliss-reactive ketones (excluding diaryl/α,β-unsaturated/α-hetero) is 1. The van der Waals surface area contributed by atoms with Crippen molar-refractivity contribution < 1.29 is 33.0 Å². The van der Waals surface area contributed by atoms with Crippen molar-refractivity contribution in [2.75, 3.05) is 19.8 Å². The lowest BCUT2D eigenvalue weighted by Gasteiger charge is -2.07. The lowest BCUT2D eigenvalue weighted by molar-refractivity contribution is -0.141. The number of aryl methyl sites for hydroxylation is 1. The largest absolute Gasteiger partial charge is 0.461 e. The Bertz CT molecular complexity index is 950. The summed E-state index contributed by atoms with van der Waals surface area (Å²) in [7, 11) is 0. The lowest BCUT2D eigenvalue weighted by Crippen LogP contribution is -2.32. The van der Waals surface area contributed by atoms with E-state index in [0.717, 1.165) is 6.07 Å². The molecule has 2 rings (SSSR count). The smallest absolute Gasteiger partial charge is 0.355 e. The zero-order valence-corrected chi connectivity index (χ0v) is 16.3. The number of amides is 1. The molecule has 0 radical (unpaired) electrons. The standard InChI is InChI=1S/C20H21FN2O6/c1-4-28-20(27)18-11(2)17(12(3)23-18)15(24)10-29-16(25)9-22-19(26)13-7-5-6-8-14(13)21/h5-8,23H,4,9-10H2,1-3H3,(H,22,26). The van der Waals surface area contributed by atoms with Gasteiger partial charge in [0.25, 0.3) is 5.91 Å². The number of halogens is 1. The Hall–Kier alpha value is -3.49. The molecule has 0 saturated carbocycles. The molecule has 154 valence electrons. The average Bonchev–Trinajstić information content (AvgIpc) is 2.99. The van der Waals surface area contributed by atoms with Gasteiger partial charge in [-0.1, -0.05) is 12.1 Å². The highest BCUT2D eigenvalue weighted by Gasteiger charge is 2.23. The normalized spacial score (nSPS) is 10.3. The average molecular weight is 404 g/mol. The number of nitrogens with one attached hydrogen (secondary N) is 2. The van der Waals surface area contributed by atoms with E-state index in [-0.39, 0.29) is 23.4 Å². The predicted molar refractivity (Wildman–Crippen MR) is 100 cm³/mol. The molecule has 1 amide bonds. The van der Waals surface area contributed by atoms with Crippen molar-refractivity contribution in [3.8, 4) is 0 Å². The van der Waals surface area contributed by atoms with E-state index in [0.29, 0.717) is 11.3 Å². The molecule has 0 unspecified atom stereocenters. The molecule has 1 heterocycles. The molecule has 0 fully saturated rings. The molecule has 0 saturated heterocycles. The minimum atomic E-state index is -0.862. The number of esters is 2. The third-order valence-corrected chi connectivity index (χ3v) is 4.07. The van der Waals surface area contributed by atoms with Gasteiger partial charge in [-0.2, -0.15) is 0 Å². The number of benzene rings is 1. The molecule has 9 heteroatoms. The predicted octanol–water partition coefficient (Wildman–Crippen LogP) is 2.10. The number of ether oxygens (including phenoxy) is 2. The second-order valence-electron chi connectivity index (χ2n) is 6.09. The second-order valence-corrected chi connectivity index (χ2v) is 6.09. The highest BCUT2D eigenvalue weighted by atomic mass is 19.1. The van der Waals surface area contributed by atoms with Gasteiger partial charge in [0.2, 0.25) is 5.78 Å². The molecular formula is C20H21FN2O6. The summed E-state index contributed by atoms with van der Waals surface area (Å²) in [5.41, 5.74) is 1.03. The summed E-state index contributed by atoms with van der Waals surface area (Å²) >= 11 is 0. The molecule has 0 spiro atoms. The summed E-state index contributed by atoms with van der Waals surface area (Å²) in [5, 5.41) is 2.23. The minimum absolute atomic E-state index is 0.163. The van der Waals surface area contributed by atoms with E-state index in [4.69, 9.17) is 9.47 Å². The van der Waals surface area contributed by atoms with Crippen LogP contribution < -0.4 is 5.32 Å². The molecule has 0 aliphatic rings. The van der Waals surface area contributed by atoms with Crippen LogP contribution in [0, 0.1) is 19.7 Å². The van der Waals surface area contributed by atoms with Gasteiger partial charge < -0.3 is 19.8 Å². The van der Waals surface area contributed by atoms with Crippen molar-refractivity contribution in [2.45, 2.75) is 20.8 Å². The molecule has 0 aliphatic heterocycles. The topological polar surface area (TPSA) is 115 Å². The fourth-order valence-electron chi connectivity index (χ4n) is 2.74. The van der Waals surface area contributed by atoms with E-state index < -0.39 is 42.6 Å². The SMILES string of the molecule is CCOC(=O)c1[nH]c(C)c(C(=O)COC(=O)CNC(=O)c2ccccc2F)c1C. The molecule has 29 heavy (non-hydrogen) atoms. The van der Waals surface area contributed by atoms with Gasteiger partial charge in [-0.25, -0.2) is 9.18 Å². The van der Waals surface area contributed by atoms with Crippen molar-refractivity contribution in [1.82, 2.24) is 10.3 Å². The van der Waals surface area contributed by atoms with E-state index in [9.17, 15) is 23.6 Å². The van der Waals surface area contributed by atoms with Crippen LogP contribution in [0.3, 0.4) is 0 Å². The molecule has 0 aliphatic carbocycles. The summed E-state index contributed by atoms with van der Waals surface area (Å²) in [6.07, 6.45) is 0. The number of aromatic amines is 1. The first-order valence-electron chi connectivity index (χ1n) is 8.84. The summed E-state index contributed by atoms with van der Waals surface area (Å²) in [4.78, 5) is 50.8. The van der Waals surface area contributed by atoms with Crippen molar-refractivity contribution in [2.24, 2.45) is 0 Å². The van der Waals surface area contributed by atoms with E-state index in [1.54, 1.807) is 20.8 Å². The van der Waals surface area contributed by atoms with Crippen LogP contribution in [0.25, 0.3) is 0 Å². The zero-order chi connectivity index (χ0) is 21.6. The number of rotatable bonds is 8. The quantitative estimate of drug-likeness (QED) is 0.514. The van der Waals surface area contributed by atoms with Crippen LogP contribution in [0.5, 0.6) is 0 Å². The molecule has 0 bridgehead atoms. The molecule has 0 atom stereocenters. The Kier molecular flexibility index (Phi) is 7.24. The third-order valence-electron chi connectivity index (χ3n) is 4.07. The van der Waals surface area contributed by atoms with E-state index in [1.165, 1.54) is 18.2 Å². The molecule has 1 aromatic heterocycles. The molecule has 1 aromatic carbocycles. The Morgan fingerprint density at radius 1 is 1.10 bits per heavy atom. The summed E-state index contributed by atoms with van der Waals surface area (Å²) in [5.74, 6) is -3.45. The fraction of sp³-hybridized carbons (Fsp3) is 0.300. The molecule has 2 N–H and O–H groups in total. The van der Waals surface area contributed by atoms with E-state index in [1.807, 2.05) is 0 Å². The first-order chi connectivity index (χ1) is 13.8. The Morgan fingerprint density at radius 2 is 1.79 bits per heavy atom. The first kappa shape index (κ1) is 21.8. The lowest BCUT2D eigenvalue weighted by atomic mass is 10.1. The van der Waals surface area contributed by atoms with Crippen LogP contribution in [-0.2, 0) is 14.3 Å². The second kappa shape index (κ2) is 9.63. The summed E-state index contributed by atoms with van der Waals surface area (Å²) in [6.45, 7) is 3.95. The van der Waals surface area contributed by atoms with Crippen LogP contribution in [0.2, 0.25) is 0 Å².